The molecule has 0 unspecified atom stereocenters. The summed E-state index contributed by atoms with van der Waals surface area (Å²) in [5, 5.41) is 2.79. The molecule has 6 nitrogen and oxygen atoms in total. The van der Waals surface area contributed by atoms with E-state index in [1.54, 1.807) is 56.4 Å². The number of hydrogen-bond acceptors (Lipinski definition) is 3. The van der Waals surface area contributed by atoms with Gasteiger partial charge in [0, 0.05) is 29.5 Å². The second kappa shape index (κ2) is 7.44. The van der Waals surface area contributed by atoms with E-state index in [0.717, 1.165) is 5.56 Å². The van der Waals surface area contributed by atoms with E-state index < -0.39 is 5.91 Å². The SMILES string of the molecule is C=CC(=O)N(C)c1ccc(C(=O)Nc2ccc(C(N)=O)cc2C)cc1. The van der Waals surface area contributed by atoms with Crippen LogP contribution in [-0.4, -0.2) is 24.8 Å². The van der Waals surface area contributed by atoms with E-state index in [4.69, 9.17) is 5.73 Å². The van der Waals surface area contributed by atoms with E-state index in [1.165, 1.54) is 11.0 Å². The molecule has 0 aliphatic carbocycles. The second-order valence-electron chi connectivity index (χ2n) is 5.50. The summed E-state index contributed by atoms with van der Waals surface area (Å²) in [5.41, 5.74) is 8.05. The van der Waals surface area contributed by atoms with Crippen molar-refractivity contribution in [1.29, 1.82) is 0 Å². The fourth-order valence-electron chi connectivity index (χ4n) is 2.25. The van der Waals surface area contributed by atoms with Crippen molar-refractivity contribution in [2.45, 2.75) is 6.92 Å². The highest BCUT2D eigenvalue weighted by Gasteiger charge is 2.11. The van der Waals surface area contributed by atoms with E-state index in [0.29, 0.717) is 22.5 Å². The van der Waals surface area contributed by atoms with Gasteiger partial charge in [-0.2, -0.15) is 0 Å². The largest absolute Gasteiger partial charge is 0.366 e. The van der Waals surface area contributed by atoms with Crippen molar-refractivity contribution < 1.29 is 14.4 Å². The molecule has 25 heavy (non-hydrogen) atoms. The normalized spacial score (nSPS) is 10.0. The molecule has 0 aliphatic rings. The van der Waals surface area contributed by atoms with Crippen LogP contribution in [0, 0.1) is 6.92 Å². The van der Waals surface area contributed by atoms with Gasteiger partial charge < -0.3 is 16.0 Å². The molecule has 0 radical (unpaired) electrons. The van der Waals surface area contributed by atoms with Crippen molar-refractivity contribution in [2.24, 2.45) is 5.73 Å². The predicted molar refractivity (Wildman–Crippen MR) is 97.7 cm³/mol. The molecule has 0 atom stereocenters. The van der Waals surface area contributed by atoms with Crippen LogP contribution in [-0.2, 0) is 4.79 Å². The van der Waals surface area contributed by atoms with Crippen molar-refractivity contribution in [3.05, 3.63) is 71.8 Å². The summed E-state index contributed by atoms with van der Waals surface area (Å²) in [6, 6.07) is 11.4. The number of anilines is 2. The molecule has 0 spiro atoms. The van der Waals surface area contributed by atoms with Crippen LogP contribution in [0.3, 0.4) is 0 Å². The van der Waals surface area contributed by atoms with Crippen molar-refractivity contribution in [3.63, 3.8) is 0 Å². The summed E-state index contributed by atoms with van der Waals surface area (Å²) in [7, 11) is 1.63. The average molecular weight is 337 g/mol. The number of nitrogens with one attached hydrogen (secondary N) is 1. The van der Waals surface area contributed by atoms with E-state index >= 15 is 0 Å². The molecule has 128 valence electrons. The number of carbonyl (C=O) groups is 3. The third-order valence-corrected chi connectivity index (χ3v) is 3.78. The third-order valence-electron chi connectivity index (χ3n) is 3.78. The monoisotopic (exact) mass is 337 g/mol. The van der Waals surface area contributed by atoms with Crippen molar-refractivity contribution in [2.75, 3.05) is 17.3 Å². The minimum Gasteiger partial charge on any atom is -0.366 e. The Morgan fingerprint density at radius 2 is 1.68 bits per heavy atom. The summed E-state index contributed by atoms with van der Waals surface area (Å²) < 4.78 is 0. The number of hydrogen-bond donors (Lipinski definition) is 2. The molecular weight excluding hydrogens is 318 g/mol. The smallest absolute Gasteiger partial charge is 0.255 e. The first-order valence-electron chi connectivity index (χ1n) is 7.55. The third kappa shape index (κ3) is 4.11. The van der Waals surface area contributed by atoms with Gasteiger partial charge in [0.1, 0.15) is 0 Å². The lowest BCUT2D eigenvalue weighted by Crippen LogP contribution is -2.23. The molecule has 0 saturated carbocycles. The van der Waals surface area contributed by atoms with Crippen molar-refractivity contribution >= 4 is 29.1 Å². The Hall–Kier alpha value is -3.41. The van der Waals surface area contributed by atoms with Crippen LogP contribution < -0.4 is 16.0 Å². The lowest BCUT2D eigenvalue weighted by Gasteiger charge is -2.15. The fraction of sp³-hybridized carbons (Fsp3) is 0.105. The van der Waals surface area contributed by atoms with Gasteiger partial charge in [-0.15, -0.1) is 0 Å². The average Bonchev–Trinajstić information content (AvgIpc) is 2.61. The maximum Gasteiger partial charge on any atom is 0.255 e. The number of rotatable bonds is 5. The van der Waals surface area contributed by atoms with Gasteiger partial charge >= 0.3 is 0 Å². The van der Waals surface area contributed by atoms with Crippen LogP contribution in [0.25, 0.3) is 0 Å². The molecule has 2 aromatic carbocycles. The highest BCUT2D eigenvalue weighted by molar-refractivity contribution is 6.06. The minimum atomic E-state index is -0.519. The molecule has 0 bridgehead atoms. The molecule has 0 aromatic heterocycles. The summed E-state index contributed by atoms with van der Waals surface area (Å²) in [4.78, 5) is 36.5. The first-order valence-corrected chi connectivity index (χ1v) is 7.55. The van der Waals surface area contributed by atoms with Gasteiger partial charge in [0.15, 0.2) is 0 Å². The Balaban J connectivity index is 2.15. The minimum absolute atomic E-state index is 0.234. The summed E-state index contributed by atoms with van der Waals surface area (Å²) in [6.07, 6.45) is 1.22. The van der Waals surface area contributed by atoms with Crippen molar-refractivity contribution in [3.8, 4) is 0 Å². The van der Waals surface area contributed by atoms with Gasteiger partial charge in [-0.25, -0.2) is 0 Å². The molecule has 3 amide bonds. The number of aryl methyl sites for hydroxylation is 1. The van der Waals surface area contributed by atoms with Gasteiger partial charge in [0.2, 0.25) is 11.8 Å². The Morgan fingerprint density at radius 3 is 2.20 bits per heavy atom. The zero-order valence-corrected chi connectivity index (χ0v) is 14.1. The van der Waals surface area contributed by atoms with Crippen LogP contribution in [0.2, 0.25) is 0 Å². The van der Waals surface area contributed by atoms with Crippen molar-refractivity contribution in [1.82, 2.24) is 0 Å². The Labute approximate surface area is 145 Å². The van der Waals surface area contributed by atoms with Gasteiger partial charge in [-0.1, -0.05) is 6.58 Å². The van der Waals surface area contributed by atoms with Crippen LogP contribution in [0.4, 0.5) is 11.4 Å². The Bertz CT molecular complexity index is 841. The van der Waals surface area contributed by atoms with Crippen LogP contribution in [0.1, 0.15) is 26.3 Å². The maximum absolute atomic E-state index is 12.4. The fourth-order valence-corrected chi connectivity index (χ4v) is 2.25. The number of amides is 3. The van der Waals surface area contributed by atoms with E-state index in [2.05, 4.69) is 11.9 Å². The molecule has 2 rings (SSSR count). The number of primary amides is 1. The number of nitrogens with zero attached hydrogens (tertiary/aromatic N) is 1. The molecule has 0 heterocycles. The standard InChI is InChI=1S/C19H19N3O3/c1-4-17(23)22(3)15-8-5-13(6-9-15)19(25)21-16-10-7-14(18(20)24)11-12(16)2/h4-11H,1H2,2-3H3,(H2,20,24)(H,21,25). The topological polar surface area (TPSA) is 92.5 Å². The molecule has 0 aliphatic heterocycles. The second-order valence-corrected chi connectivity index (χ2v) is 5.50. The molecule has 6 heteroatoms. The van der Waals surface area contributed by atoms with E-state index in [9.17, 15) is 14.4 Å². The van der Waals surface area contributed by atoms with Crippen LogP contribution >= 0.6 is 0 Å². The van der Waals surface area contributed by atoms with E-state index in [-0.39, 0.29) is 11.8 Å². The number of benzene rings is 2. The van der Waals surface area contributed by atoms with Gasteiger partial charge in [0.25, 0.3) is 5.91 Å². The van der Waals surface area contributed by atoms with E-state index in [1.807, 2.05) is 0 Å². The summed E-state index contributed by atoms with van der Waals surface area (Å²) in [5.74, 6) is -1.05. The Morgan fingerprint density at radius 1 is 1.08 bits per heavy atom. The van der Waals surface area contributed by atoms with Crippen LogP contribution in [0.5, 0.6) is 0 Å². The number of nitrogens with two attached hydrogens (primary N) is 1. The highest BCUT2D eigenvalue weighted by atomic mass is 16.2. The summed E-state index contributed by atoms with van der Waals surface area (Å²) >= 11 is 0. The molecule has 0 fully saturated rings. The first kappa shape index (κ1) is 17.9. The number of likely N-dealkylation sites (N-methyl/N-ethyl adjacent to an activating group) is 1. The maximum atomic E-state index is 12.4. The van der Waals surface area contributed by atoms with Gasteiger partial charge in [0.05, 0.1) is 0 Å². The zero-order valence-electron chi connectivity index (χ0n) is 14.1. The van der Waals surface area contributed by atoms with Gasteiger partial charge in [-0.05, 0) is 61.0 Å². The highest BCUT2D eigenvalue weighted by Crippen LogP contribution is 2.19. The molecule has 3 N–H and O–H groups in total. The molecule has 2 aromatic rings. The zero-order chi connectivity index (χ0) is 18.6. The summed E-state index contributed by atoms with van der Waals surface area (Å²) in [6.45, 7) is 5.22. The lowest BCUT2D eigenvalue weighted by atomic mass is 10.1. The Kier molecular flexibility index (Phi) is 5.34. The molecule has 0 saturated heterocycles. The lowest BCUT2D eigenvalue weighted by molar-refractivity contribution is -0.113. The number of carbonyl (C=O) groups excluding carboxylic acids is 3. The predicted octanol–water partition coefficient (Wildman–Crippen LogP) is 2.50. The quantitative estimate of drug-likeness (QED) is 0.821. The molecular formula is C19H19N3O3. The van der Waals surface area contributed by atoms with Crippen LogP contribution in [0.15, 0.2) is 55.1 Å². The van der Waals surface area contributed by atoms with Gasteiger partial charge in [-0.3, -0.25) is 14.4 Å². The first-order chi connectivity index (χ1) is 11.8.